The minimum absolute atomic E-state index is 0. The largest absolute Gasteiger partial charge is 1.00 e. The van der Waals surface area contributed by atoms with Crippen molar-refractivity contribution in [2.45, 2.75) is 12.8 Å². The van der Waals surface area contributed by atoms with Crippen LogP contribution < -0.4 is 34.7 Å². The molecule has 2 nitrogen and oxygen atoms in total. The van der Waals surface area contributed by atoms with E-state index in [4.69, 9.17) is 0 Å². The van der Waals surface area contributed by atoms with Crippen LogP contribution in [0.3, 0.4) is 0 Å². The van der Waals surface area contributed by atoms with Gasteiger partial charge in [0.25, 0.3) is 0 Å². The summed E-state index contributed by atoms with van der Waals surface area (Å²) in [5.41, 5.74) is 1.08. The molecule has 0 atom stereocenters. The molecule has 1 aromatic rings. The molecule has 54 valence electrons. The number of carbonyl (C=O) groups excluding carboxylic acids is 1. The van der Waals surface area contributed by atoms with Crippen LogP contribution in [-0.2, 0) is 11.2 Å². The molecular formula is C7H7NaO2S. The van der Waals surface area contributed by atoms with Crippen LogP contribution in [0.4, 0.5) is 0 Å². The molecule has 1 heterocycles. The molecule has 0 aliphatic heterocycles. The van der Waals surface area contributed by atoms with E-state index in [1.54, 1.807) is 11.3 Å². The van der Waals surface area contributed by atoms with Gasteiger partial charge in [0.15, 0.2) is 0 Å². The summed E-state index contributed by atoms with van der Waals surface area (Å²) in [6.07, 6.45) is 0.711. The van der Waals surface area contributed by atoms with Gasteiger partial charge in [-0.25, -0.2) is 0 Å². The Bertz CT molecular complexity index is 208. The van der Waals surface area contributed by atoms with Crippen LogP contribution in [0.1, 0.15) is 12.0 Å². The fourth-order valence-electron chi connectivity index (χ4n) is 0.681. The normalized spacial score (nSPS) is 8.73. The molecule has 0 amide bonds. The molecule has 0 unspecified atom stereocenters. The number of carboxylic acids is 1. The van der Waals surface area contributed by atoms with Gasteiger partial charge in [-0.2, -0.15) is 11.3 Å². The Morgan fingerprint density at radius 3 is 2.82 bits per heavy atom. The summed E-state index contributed by atoms with van der Waals surface area (Å²) in [4.78, 5) is 9.99. The maximum Gasteiger partial charge on any atom is 1.00 e. The van der Waals surface area contributed by atoms with Gasteiger partial charge < -0.3 is 9.90 Å². The Labute approximate surface area is 91.5 Å². The van der Waals surface area contributed by atoms with E-state index in [9.17, 15) is 9.90 Å². The predicted molar refractivity (Wildman–Crippen MR) is 37.6 cm³/mol. The van der Waals surface area contributed by atoms with E-state index in [0.717, 1.165) is 5.56 Å². The molecule has 0 spiro atoms. The van der Waals surface area contributed by atoms with Gasteiger partial charge in [0.1, 0.15) is 0 Å². The smallest absolute Gasteiger partial charge is 0.550 e. The van der Waals surface area contributed by atoms with Crippen molar-refractivity contribution >= 4 is 17.3 Å². The third-order valence-corrected chi connectivity index (χ3v) is 1.93. The van der Waals surface area contributed by atoms with Crippen LogP contribution in [0.15, 0.2) is 16.8 Å². The third kappa shape index (κ3) is 4.58. The van der Waals surface area contributed by atoms with E-state index in [0.29, 0.717) is 6.42 Å². The topological polar surface area (TPSA) is 40.1 Å². The van der Waals surface area contributed by atoms with Crippen molar-refractivity contribution < 1.29 is 39.5 Å². The third-order valence-electron chi connectivity index (χ3n) is 1.20. The first kappa shape index (κ1) is 11.2. The summed E-state index contributed by atoms with van der Waals surface area (Å²) in [6.45, 7) is 0. The first-order valence-electron chi connectivity index (χ1n) is 3.00. The summed E-state index contributed by atoms with van der Waals surface area (Å²) in [5.74, 6) is -0.980. The molecule has 0 aliphatic carbocycles. The summed E-state index contributed by atoms with van der Waals surface area (Å²) in [5, 5.41) is 13.9. The van der Waals surface area contributed by atoms with Crippen molar-refractivity contribution in [3.8, 4) is 0 Å². The average Bonchev–Trinajstić information content (AvgIpc) is 2.34. The van der Waals surface area contributed by atoms with Crippen molar-refractivity contribution in [1.82, 2.24) is 0 Å². The molecule has 0 radical (unpaired) electrons. The zero-order valence-electron chi connectivity index (χ0n) is 6.37. The van der Waals surface area contributed by atoms with Crippen molar-refractivity contribution in [2.75, 3.05) is 0 Å². The van der Waals surface area contributed by atoms with Crippen molar-refractivity contribution in [2.24, 2.45) is 0 Å². The fraction of sp³-hybridized carbons (Fsp3) is 0.286. The SMILES string of the molecule is O=C([O-])CCc1ccsc1.[Na+]. The van der Waals surface area contributed by atoms with Gasteiger partial charge in [-0.15, -0.1) is 0 Å². The molecule has 0 aromatic carbocycles. The van der Waals surface area contributed by atoms with Crippen LogP contribution in [0, 0.1) is 0 Å². The Kier molecular flexibility index (Phi) is 5.86. The second kappa shape index (κ2) is 5.77. The Morgan fingerprint density at radius 2 is 2.36 bits per heavy atom. The molecule has 1 aromatic heterocycles. The molecule has 1 rings (SSSR count). The van der Waals surface area contributed by atoms with Gasteiger partial charge in [0.05, 0.1) is 0 Å². The second-order valence-electron chi connectivity index (χ2n) is 2.00. The maximum atomic E-state index is 9.99. The number of carbonyl (C=O) groups is 1. The minimum atomic E-state index is -0.980. The van der Waals surface area contributed by atoms with Crippen LogP contribution in [0.25, 0.3) is 0 Å². The van der Waals surface area contributed by atoms with Crippen LogP contribution in [-0.4, -0.2) is 5.97 Å². The number of hydrogen-bond acceptors (Lipinski definition) is 3. The van der Waals surface area contributed by atoms with Gasteiger partial charge in [0.2, 0.25) is 0 Å². The van der Waals surface area contributed by atoms with E-state index >= 15 is 0 Å². The number of carboxylic acid groups (broad SMARTS) is 1. The molecule has 0 bridgehead atoms. The second-order valence-corrected chi connectivity index (χ2v) is 2.78. The molecule has 0 saturated heterocycles. The van der Waals surface area contributed by atoms with E-state index in [2.05, 4.69) is 0 Å². The average molecular weight is 178 g/mol. The molecule has 11 heavy (non-hydrogen) atoms. The summed E-state index contributed by atoms with van der Waals surface area (Å²) < 4.78 is 0. The molecule has 4 heteroatoms. The van der Waals surface area contributed by atoms with E-state index in [1.165, 1.54) is 0 Å². The van der Waals surface area contributed by atoms with Crippen LogP contribution in [0.5, 0.6) is 0 Å². The van der Waals surface area contributed by atoms with Gasteiger partial charge in [-0.3, -0.25) is 0 Å². The Morgan fingerprint density at radius 1 is 1.64 bits per heavy atom. The molecular weight excluding hydrogens is 171 g/mol. The van der Waals surface area contributed by atoms with E-state index < -0.39 is 5.97 Å². The number of rotatable bonds is 3. The fourth-order valence-corrected chi connectivity index (χ4v) is 1.38. The summed E-state index contributed by atoms with van der Waals surface area (Å²) in [6, 6.07) is 1.92. The number of aryl methyl sites for hydroxylation is 1. The molecule has 0 fully saturated rings. The first-order chi connectivity index (χ1) is 4.79. The monoisotopic (exact) mass is 178 g/mol. The Balaban J connectivity index is 0.000001000. The number of hydrogen-bond donors (Lipinski definition) is 0. The number of thiophene rings is 1. The standard InChI is InChI=1S/C7H8O2S.Na/c8-7(9)2-1-6-3-4-10-5-6;/h3-5H,1-2H2,(H,8,9);/q;+1/p-1. The number of aliphatic carboxylic acids is 1. The zero-order chi connectivity index (χ0) is 7.40. The zero-order valence-corrected chi connectivity index (χ0v) is 9.19. The van der Waals surface area contributed by atoms with Gasteiger partial charge in [-0.05, 0) is 35.2 Å². The summed E-state index contributed by atoms with van der Waals surface area (Å²) >= 11 is 1.58. The van der Waals surface area contributed by atoms with Gasteiger partial charge in [0, 0.05) is 5.97 Å². The minimum Gasteiger partial charge on any atom is -0.550 e. The van der Waals surface area contributed by atoms with Crippen LogP contribution in [0.2, 0.25) is 0 Å². The van der Waals surface area contributed by atoms with E-state index in [1.807, 2.05) is 16.8 Å². The maximum absolute atomic E-state index is 9.99. The van der Waals surface area contributed by atoms with Gasteiger partial charge >= 0.3 is 29.6 Å². The first-order valence-corrected chi connectivity index (χ1v) is 3.94. The van der Waals surface area contributed by atoms with Crippen LogP contribution >= 0.6 is 11.3 Å². The quantitative estimate of drug-likeness (QED) is 0.477. The van der Waals surface area contributed by atoms with Crippen molar-refractivity contribution in [3.05, 3.63) is 22.4 Å². The molecule has 0 saturated carbocycles. The van der Waals surface area contributed by atoms with E-state index in [-0.39, 0.29) is 36.0 Å². The molecule has 0 N–H and O–H groups in total. The predicted octanol–water partition coefficient (Wildman–Crippen LogP) is -2.57. The Hall–Kier alpha value is 0.170. The van der Waals surface area contributed by atoms with Crippen molar-refractivity contribution in [3.63, 3.8) is 0 Å². The molecule has 0 aliphatic rings. The van der Waals surface area contributed by atoms with Gasteiger partial charge in [-0.1, -0.05) is 0 Å². The summed E-state index contributed by atoms with van der Waals surface area (Å²) in [7, 11) is 0. The van der Waals surface area contributed by atoms with Crippen molar-refractivity contribution in [1.29, 1.82) is 0 Å².